The number of nitrogens with one attached hydrogen (secondary N) is 1. The third kappa shape index (κ3) is 5.43. The first-order chi connectivity index (χ1) is 15.3. The molecule has 0 aliphatic rings. The number of carbonyl (C=O) groups is 1. The van der Waals surface area contributed by atoms with Crippen LogP contribution in [0, 0.1) is 5.82 Å². The maximum absolute atomic E-state index is 13.8. The van der Waals surface area contributed by atoms with Gasteiger partial charge in [0.05, 0.1) is 28.9 Å². The third-order valence-electron chi connectivity index (χ3n) is 4.34. The fraction of sp³-hybridized carbons (Fsp3) is 0.0909. The topological polar surface area (TPSA) is 88.1 Å². The van der Waals surface area contributed by atoms with E-state index in [2.05, 4.69) is 10.5 Å². The van der Waals surface area contributed by atoms with Crippen LogP contribution in [-0.4, -0.2) is 34.2 Å². The standard InChI is InChI=1S/C22H19ClFN3O4S/c1-31-17-8-5-7-16(13-17)27(32(29,30)18-9-3-2-4-10-18)15-22(28)26-25-14-19-20(23)11-6-12-21(19)24/h2-14H,15H2,1H3,(H,26,28)/b25-14-. The highest BCUT2D eigenvalue weighted by atomic mass is 35.5. The lowest BCUT2D eigenvalue weighted by atomic mass is 10.2. The number of benzene rings is 3. The van der Waals surface area contributed by atoms with Gasteiger partial charge in [-0.05, 0) is 36.4 Å². The Morgan fingerprint density at radius 3 is 2.53 bits per heavy atom. The highest BCUT2D eigenvalue weighted by Gasteiger charge is 2.27. The van der Waals surface area contributed by atoms with Crippen molar-refractivity contribution < 1.29 is 22.3 Å². The van der Waals surface area contributed by atoms with Crippen molar-refractivity contribution in [3.05, 3.63) is 89.2 Å². The molecule has 166 valence electrons. The van der Waals surface area contributed by atoms with Crippen LogP contribution in [0.3, 0.4) is 0 Å². The quantitative estimate of drug-likeness (QED) is 0.396. The average Bonchev–Trinajstić information content (AvgIpc) is 2.80. The fourth-order valence-electron chi connectivity index (χ4n) is 2.77. The molecule has 10 heteroatoms. The summed E-state index contributed by atoms with van der Waals surface area (Å²) in [6, 6.07) is 18.1. The molecule has 7 nitrogen and oxygen atoms in total. The average molecular weight is 476 g/mol. The summed E-state index contributed by atoms with van der Waals surface area (Å²) in [6.07, 6.45) is 1.05. The second-order valence-electron chi connectivity index (χ2n) is 6.45. The summed E-state index contributed by atoms with van der Waals surface area (Å²) in [5.41, 5.74) is 2.43. The number of ether oxygens (including phenoxy) is 1. The molecule has 0 saturated carbocycles. The Hall–Kier alpha value is -3.43. The minimum atomic E-state index is -4.08. The molecule has 0 bridgehead atoms. The molecule has 1 amide bonds. The molecule has 0 aliphatic carbocycles. The van der Waals surface area contributed by atoms with Crippen molar-refractivity contribution in [2.45, 2.75) is 4.90 Å². The lowest BCUT2D eigenvalue weighted by Crippen LogP contribution is -2.39. The van der Waals surface area contributed by atoms with E-state index in [-0.39, 0.29) is 21.2 Å². The van der Waals surface area contributed by atoms with Crippen molar-refractivity contribution in [2.24, 2.45) is 5.10 Å². The summed E-state index contributed by atoms with van der Waals surface area (Å²) in [5, 5.41) is 3.82. The van der Waals surface area contributed by atoms with Crippen LogP contribution in [0.25, 0.3) is 0 Å². The summed E-state index contributed by atoms with van der Waals surface area (Å²) in [7, 11) is -2.63. The molecule has 0 fully saturated rings. The van der Waals surface area contributed by atoms with Crippen LogP contribution in [-0.2, 0) is 14.8 Å². The van der Waals surface area contributed by atoms with Crippen LogP contribution < -0.4 is 14.5 Å². The molecular formula is C22H19ClFN3O4S. The number of rotatable bonds is 8. The minimum absolute atomic E-state index is 0.00368. The second-order valence-corrected chi connectivity index (χ2v) is 8.72. The number of sulfonamides is 1. The Labute approximate surface area is 190 Å². The molecule has 0 atom stereocenters. The van der Waals surface area contributed by atoms with E-state index in [1.807, 2.05) is 0 Å². The largest absolute Gasteiger partial charge is 0.497 e. The maximum Gasteiger partial charge on any atom is 0.264 e. The molecule has 0 aliphatic heterocycles. The van der Waals surface area contributed by atoms with Gasteiger partial charge in [0.2, 0.25) is 0 Å². The fourth-order valence-corrected chi connectivity index (χ4v) is 4.41. The Bertz CT molecular complexity index is 1220. The van der Waals surface area contributed by atoms with E-state index in [4.69, 9.17) is 16.3 Å². The van der Waals surface area contributed by atoms with Crippen molar-refractivity contribution in [1.29, 1.82) is 0 Å². The van der Waals surface area contributed by atoms with E-state index < -0.39 is 28.3 Å². The van der Waals surface area contributed by atoms with Gasteiger partial charge in [0, 0.05) is 11.6 Å². The molecular weight excluding hydrogens is 457 g/mol. The highest BCUT2D eigenvalue weighted by Crippen LogP contribution is 2.26. The van der Waals surface area contributed by atoms with E-state index >= 15 is 0 Å². The number of carbonyl (C=O) groups excluding carboxylic acids is 1. The Kier molecular flexibility index (Phi) is 7.45. The van der Waals surface area contributed by atoms with Gasteiger partial charge in [-0.2, -0.15) is 5.10 Å². The number of halogens is 2. The first kappa shape index (κ1) is 23.2. The molecule has 0 saturated heterocycles. The normalized spacial score (nSPS) is 11.3. The van der Waals surface area contributed by atoms with E-state index in [0.29, 0.717) is 5.75 Å². The van der Waals surface area contributed by atoms with Crippen LogP contribution >= 0.6 is 11.6 Å². The molecule has 0 radical (unpaired) electrons. The van der Waals surface area contributed by atoms with Crippen molar-refractivity contribution in [3.63, 3.8) is 0 Å². The van der Waals surface area contributed by atoms with E-state index in [9.17, 15) is 17.6 Å². The predicted octanol–water partition coefficient (Wildman–Crippen LogP) is 3.83. The summed E-state index contributed by atoms with van der Waals surface area (Å²) < 4.78 is 46.4. The van der Waals surface area contributed by atoms with E-state index in [1.54, 1.807) is 36.4 Å². The van der Waals surface area contributed by atoms with Gasteiger partial charge in [-0.25, -0.2) is 18.2 Å². The highest BCUT2D eigenvalue weighted by molar-refractivity contribution is 7.92. The zero-order valence-corrected chi connectivity index (χ0v) is 18.5. The second kappa shape index (κ2) is 10.3. The van der Waals surface area contributed by atoms with Gasteiger partial charge in [0.1, 0.15) is 18.1 Å². The molecule has 0 spiro atoms. The maximum atomic E-state index is 13.8. The SMILES string of the molecule is COc1cccc(N(CC(=O)N/N=C\c2c(F)cccc2Cl)S(=O)(=O)c2ccccc2)c1. The first-order valence-electron chi connectivity index (χ1n) is 9.30. The van der Waals surface area contributed by atoms with Gasteiger partial charge in [0.15, 0.2) is 0 Å². The zero-order chi connectivity index (χ0) is 23.1. The Morgan fingerprint density at radius 2 is 1.84 bits per heavy atom. The van der Waals surface area contributed by atoms with E-state index in [0.717, 1.165) is 10.5 Å². The van der Waals surface area contributed by atoms with Gasteiger partial charge in [-0.3, -0.25) is 9.10 Å². The zero-order valence-electron chi connectivity index (χ0n) is 16.9. The van der Waals surface area contributed by atoms with Crippen LogP contribution in [0.15, 0.2) is 82.8 Å². The summed E-state index contributed by atoms with van der Waals surface area (Å²) in [4.78, 5) is 12.5. The predicted molar refractivity (Wildman–Crippen MR) is 121 cm³/mol. The third-order valence-corrected chi connectivity index (χ3v) is 6.46. The van der Waals surface area contributed by atoms with Crippen LogP contribution in [0.5, 0.6) is 5.75 Å². The monoisotopic (exact) mass is 475 g/mol. The molecule has 3 rings (SSSR count). The number of nitrogens with zero attached hydrogens (tertiary/aromatic N) is 2. The van der Waals surface area contributed by atoms with Gasteiger partial charge in [0.25, 0.3) is 15.9 Å². The molecule has 0 unspecified atom stereocenters. The number of methoxy groups -OCH3 is 1. The summed E-state index contributed by atoms with van der Waals surface area (Å²) >= 11 is 5.92. The number of anilines is 1. The van der Waals surface area contributed by atoms with E-state index in [1.165, 1.54) is 43.5 Å². The Balaban J connectivity index is 1.87. The summed E-state index contributed by atoms with van der Waals surface area (Å²) in [5.74, 6) is -0.931. The molecule has 3 aromatic carbocycles. The van der Waals surface area contributed by atoms with Crippen molar-refractivity contribution in [1.82, 2.24) is 5.43 Å². The van der Waals surface area contributed by atoms with Gasteiger partial charge in [-0.1, -0.05) is 41.9 Å². The van der Waals surface area contributed by atoms with Gasteiger partial charge < -0.3 is 4.74 Å². The molecule has 0 heterocycles. The van der Waals surface area contributed by atoms with Crippen molar-refractivity contribution >= 4 is 39.4 Å². The van der Waals surface area contributed by atoms with Crippen LogP contribution in [0.1, 0.15) is 5.56 Å². The van der Waals surface area contributed by atoms with Crippen molar-refractivity contribution in [3.8, 4) is 5.75 Å². The van der Waals surface area contributed by atoms with Gasteiger partial charge >= 0.3 is 0 Å². The first-order valence-corrected chi connectivity index (χ1v) is 11.1. The number of hydrogen-bond donors (Lipinski definition) is 1. The number of hydrogen-bond acceptors (Lipinski definition) is 5. The smallest absolute Gasteiger partial charge is 0.264 e. The van der Waals surface area contributed by atoms with Crippen molar-refractivity contribution in [2.75, 3.05) is 18.0 Å². The molecule has 0 aromatic heterocycles. The molecule has 1 N–H and O–H groups in total. The molecule has 3 aromatic rings. The Morgan fingerprint density at radius 1 is 1.12 bits per heavy atom. The lowest BCUT2D eigenvalue weighted by molar-refractivity contribution is -0.119. The minimum Gasteiger partial charge on any atom is -0.497 e. The van der Waals surface area contributed by atoms with Gasteiger partial charge in [-0.15, -0.1) is 0 Å². The van der Waals surface area contributed by atoms with Crippen LogP contribution in [0.2, 0.25) is 5.02 Å². The van der Waals surface area contributed by atoms with Crippen LogP contribution in [0.4, 0.5) is 10.1 Å². The number of hydrazone groups is 1. The lowest BCUT2D eigenvalue weighted by Gasteiger charge is -2.24. The summed E-state index contributed by atoms with van der Waals surface area (Å²) in [6.45, 7) is -0.577. The molecule has 32 heavy (non-hydrogen) atoms. The number of amides is 1.